The van der Waals surface area contributed by atoms with Crippen molar-refractivity contribution in [3.8, 4) is 0 Å². The average molecular weight is 286 g/mol. The summed E-state index contributed by atoms with van der Waals surface area (Å²) in [6, 6.07) is 4.50. The first-order valence-electron chi connectivity index (χ1n) is 6.66. The number of nitrogens with one attached hydrogen (secondary N) is 2. The predicted molar refractivity (Wildman–Crippen MR) is 74.0 cm³/mol. The zero-order chi connectivity index (χ0) is 13.8. The molecule has 1 fully saturated rings. The first kappa shape index (κ1) is 14.3. The number of amides is 1. The predicted octanol–water partition coefficient (Wildman–Crippen LogP) is 1.87. The second kappa shape index (κ2) is 6.35. The fourth-order valence-corrected chi connectivity index (χ4v) is 2.72. The number of carbonyl (C=O) groups excluding carboxylic acids is 1. The summed E-state index contributed by atoms with van der Waals surface area (Å²) in [5.41, 5.74) is 0.470. The van der Waals surface area contributed by atoms with Gasteiger partial charge in [-0.3, -0.25) is 4.79 Å². The minimum atomic E-state index is -0.404. The highest BCUT2D eigenvalue weighted by Gasteiger charge is 2.24. The Morgan fingerprint density at radius 2 is 2.32 bits per heavy atom. The quantitative estimate of drug-likeness (QED) is 0.873. The maximum Gasteiger partial charge on any atom is 0.279 e. The second-order valence-corrected chi connectivity index (χ2v) is 5.56. The van der Waals surface area contributed by atoms with E-state index in [0.29, 0.717) is 18.3 Å². The van der Waals surface area contributed by atoms with E-state index < -0.39 is 5.82 Å². The molecule has 2 atom stereocenters. The van der Waals surface area contributed by atoms with Gasteiger partial charge < -0.3 is 10.2 Å². The lowest BCUT2D eigenvalue weighted by molar-refractivity contribution is -0.920. The van der Waals surface area contributed by atoms with Crippen molar-refractivity contribution in [2.75, 3.05) is 18.4 Å². The first-order valence-corrected chi connectivity index (χ1v) is 7.03. The molecule has 1 aliphatic heterocycles. The number of quaternary nitrogens is 1. The molecule has 1 aromatic rings. The lowest BCUT2D eigenvalue weighted by Crippen LogP contribution is -3.17. The van der Waals surface area contributed by atoms with E-state index in [1.54, 1.807) is 0 Å². The summed E-state index contributed by atoms with van der Waals surface area (Å²) in [4.78, 5) is 13.3. The zero-order valence-electron chi connectivity index (χ0n) is 11.0. The lowest BCUT2D eigenvalue weighted by Gasteiger charge is -2.29. The fourth-order valence-electron chi connectivity index (χ4n) is 2.51. The normalized spacial score (nSPS) is 23.1. The van der Waals surface area contributed by atoms with Gasteiger partial charge in [-0.1, -0.05) is 11.6 Å². The van der Waals surface area contributed by atoms with Crippen molar-refractivity contribution in [2.24, 2.45) is 0 Å². The molecule has 0 bridgehead atoms. The van der Waals surface area contributed by atoms with Gasteiger partial charge in [0, 0.05) is 0 Å². The van der Waals surface area contributed by atoms with Crippen molar-refractivity contribution in [1.82, 2.24) is 0 Å². The topological polar surface area (TPSA) is 33.5 Å². The van der Waals surface area contributed by atoms with Gasteiger partial charge in [-0.2, -0.15) is 0 Å². The van der Waals surface area contributed by atoms with Gasteiger partial charge in [0.15, 0.2) is 6.54 Å². The molecule has 0 spiro atoms. The molecule has 0 aliphatic carbocycles. The monoisotopic (exact) mass is 285 g/mol. The number of anilines is 1. The molecule has 1 heterocycles. The van der Waals surface area contributed by atoms with Crippen LogP contribution in [0.25, 0.3) is 0 Å². The van der Waals surface area contributed by atoms with Gasteiger partial charge in [0.1, 0.15) is 5.82 Å². The Hall–Kier alpha value is -1.13. The summed E-state index contributed by atoms with van der Waals surface area (Å²) in [5.74, 6) is -0.476. The van der Waals surface area contributed by atoms with Crippen LogP contribution in [0.2, 0.25) is 5.02 Å². The van der Waals surface area contributed by atoms with Crippen molar-refractivity contribution in [3.63, 3.8) is 0 Å². The molecule has 2 rings (SSSR count). The molecule has 0 saturated carbocycles. The van der Waals surface area contributed by atoms with Crippen molar-refractivity contribution >= 4 is 23.2 Å². The molecule has 5 heteroatoms. The third-order valence-electron chi connectivity index (χ3n) is 3.67. The molecule has 1 aliphatic rings. The number of likely N-dealkylation sites (tertiary alicyclic amines) is 1. The van der Waals surface area contributed by atoms with Gasteiger partial charge in [0.05, 0.1) is 23.3 Å². The Morgan fingerprint density at radius 1 is 1.53 bits per heavy atom. The number of benzene rings is 1. The number of hydrogen-bond donors (Lipinski definition) is 2. The van der Waals surface area contributed by atoms with Crippen molar-refractivity contribution in [2.45, 2.75) is 32.2 Å². The van der Waals surface area contributed by atoms with E-state index in [-0.39, 0.29) is 10.9 Å². The van der Waals surface area contributed by atoms with E-state index in [1.807, 2.05) is 0 Å². The fraction of sp³-hybridized carbons (Fsp3) is 0.500. The lowest BCUT2D eigenvalue weighted by atomic mass is 10.0. The van der Waals surface area contributed by atoms with E-state index >= 15 is 0 Å². The molecule has 1 aromatic carbocycles. The van der Waals surface area contributed by atoms with E-state index in [9.17, 15) is 9.18 Å². The van der Waals surface area contributed by atoms with Gasteiger partial charge in [0.2, 0.25) is 0 Å². The summed E-state index contributed by atoms with van der Waals surface area (Å²) in [7, 11) is 0. The Kier molecular flexibility index (Phi) is 4.77. The number of piperidine rings is 1. The van der Waals surface area contributed by atoms with E-state index in [4.69, 9.17) is 11.6 Å². The third-order valence-corrected chi connectivity index (χ3v) is 3.99. The summed E-state index contributed by atoms with van der Waals surface area (Å²) >= 11 is 5.88. The number of halogens is 2. The van der Waals surface area contributed by atoms with Crippen LogP contribution in [-0.2, 0) is 4.79 Å². The molecular formula is C14H19ClFN2O+. The van der Waals surface area contributed by atoms with Gasteiger partial charge in [-0.05, 0) is 44.4 Å². The van der Waals surface area contributed by atoms with Gasteiger partial charge >= 0.3 is 0 Å². The van der Waals surface area contributed by atoms with Crippen LogP contribution in [-0.4, -0.2) is 25.0 Å². The van der Waals surface area contributed by atoms with Crippen LogP contribution in [0.5, 0.6) is 0 Å². The molecule has 19 heavy (non-hydrogen) atoms. The van der Waals surface area contributed by atoms with E-state index in [0.717, 1.165) is 6.54 Å². The minimum Gasteiger partial charge on any atom is -0.325 e. The summed E-state index contributed by atoms with van der Waals surface area (Å²) in [5, 5.41) is 2.98. The molecular weight excluding hydrogens is 267 g/mol. The molecule has 0 radical (unpaired) electrons. The smallest absolute Gasteiger partial charge is 0.279 e. The molecule has 2 N–H and O–H groups in total. The van der Waals surface area contributed by atoms with Crippen molar-refractivity contribution < 1.29 is 14.1 Å². The number of hydrogen-bond acceptors (Lipinski definition) is 1. The standard InChI is InChI=1S/C14H18ClFN2O/c1-10-4-2-3-7-18(10)9-14(19)17-13-6-5-11(16)8-12(13)15/h5-6,8,10H,2-4,7,9H2,1H3,(H,17,19)/p+1/t10-/m0/s1. The van der Waals surface area contributed by atoms with Crippen LogP contribution < -0.4 is 10.2 Å². The highest BCUT2D eigenvalue weighted by atomic mass is 35.5. The van der Waals surface area contributed by atoms with Crippen LogP contribution in [0.1, 0.15) is 26.2 Å². The molecule has 104 valence electrons. The van der Waals surface area contributed by atoms with Crippen LogP contribution in [0.4, 0.5) is 10.1 Å². The van der Waals surface area contributed by atoms with Crippen molar-refractivity contribution in [1.29, 1.82) is 0 Å². The van der Waals surface area contributed by atoms with Gasteiger partial charge in [0.25, 0.3) is 5.91 Å². The molecule has 1 saturated heterocycles. The third kappa shape index (κ3) is 3.91. The zero-order valence-corrected chi connectivity index (χ0v) is 11.8. The van der Waals surface area contributed by atoms with E-state index in [1.165, 1.54) is 42.4 Å². The molecule has 1 amide bonds. The average Bonchev–Trinajstić information content (AvgIpc) is 2.36. The van der Waals surface area contributed by atoms with Gasteiger partial charge in [-0.25, -0.2) is 4.39 Å². The molecule has 0 aromatic heterocycles. The van der Waals surface area contributed by atoms with Crippen molar-refractivity contribution in [3.05, 3.63) is 29.0 Å². The largest absolute Gasteiger partial charge is 0.325 e. The molecule has 3 nitrogen and oxygen atoms in total. The SMILES string of the molecule is C[C@H]1CCCC[NH+]1CC(=O)Nc1ccc(F)cc1Cl. The van der Waals surface area contributed by atoms with E-state index in [2.05, 4.69) is 12.2 Å². The Morgan fingerprint density at radius 3 is 3.00 bits per heavy atom. The van der Waals surface area contributed by atoms with Crippen LogP contribution in [0.15, 0.2) is 18.2 Å². The minimum absolute atomic E-state index is 0.0720. The highest BCUT2D eigenvalue weighted by Crippen LogP contribution is 2.22. The van der Waals surface area contributed by atoms with Crippen LogP contribution >= 0.6 is 11.6 Å². The Labute approximate surface area is 117 Å². The first-order chi connectivity index (χ1) is 9.06. The maximum atomic E-state index is 12.9. The summed E-state index contributed by atoms with van der Waals surface area (Å²) in [6.07, 6.45) is 3.58. The summed E-state index contributed by atoms with van der Waals surface area (Å²) < 4.78 is 12.9. The molecule has 1 unspecified atom stereocenters. The Balaban J connectivity index is 1.93. The summed E-state index contributed by atoms with van der Waals surface area (Å²) in [6.45, 7) is 3.65. The van der Waals surface area contributed by atoms with Crippen LogP contribution in [0, 0.1) is 5.82 Å². The Bertz CT molecular complexity index is 467. The highest BCUT2D eigenvalue weighted by molar-refractivity contribution is 6.33. The number of carbonyl (C=O) groups is 1. The van der Waals surface area contributed by atoms with Gasteiger partial charge in [-0.15, -0.1) is 0 Å². The maximum absolute atomic E-state index is 12.9. The number of rotatable bonds is 3. The van der Waals surface area contributed by atoms with Crippen LogP contribution in [0.3, 0.4) is 0 Å². The second-order valence-electron chi connectivity index (χ2n) is 5.15.